The van der Waals surface area contributed by atoms with Gasteiger partial charge in [0.2, 0.25) is 5.89 Å². The van der Waals surface area contributed by atoms with E-state index in [2.05, 4.69) is 41.1 Å². The van der Waals surface area contributed by atoms with Gasteiger partial charge < -0.3 is 14.7 Å². The molecule has 124 valence electrons. The van der Waals surface area contributed by atoms with Crippen molar-refractivity contribution in [2.24, 2.45) is 4.99 Å². The normalized spacial score (nSPS) is 18.5. The molecule has 0 aliphatic carbocycles. The Morgan fingerprint density at radius 2 is 2.32 bits per heavy atom. The minimum Gasteiger partial charge on any atom is -0.357 e. The number of hydrogen-bond acceptors (Lipinski definition) is 5. The molecule has 1 aliphatic rings. The first kappa shape index (κ1) is 17.1. The van der Waals surface area contributed by atoms with Gasteiger partial charge in [-0.05, 0) is 34.1 Å². The third kappa shape index (κ3) is 5.19. The molecule has 1 aromatic heterocycles. The Labute approximate surface area is 137 Å². The number of aromatic nitrogens is 2. The van der Waals surface area contributed by atoms with Crippen LogP contribution < -0.4 is 5.32 Å². The number of aryl methyl sites for hydroxylation is 2. The van der Waals surface area contributed by atoms with Gasteiger partial charge in [-0.1, -0.05) is 5.16 Å². The van der Waals surface area contributed by atoms with Crippen molar-refractivity contribution in [2.75, 3.05) is 31.9 Å². The van der Waals surface area contributed by atoms with Gasteiger partial charge in [-0.15, -0.1) is 0 Å². The lowest BCUT2D eigenvalue weighted by molar-refractivity contribution is 0.370. The molecule has 22 heavy (non-hydrogen) atoms. The van der Waals surface area contributed by atoms with E-state index in [0.29, 0.717) is 11.7 Å². The van der Waals surface area contributed by atoms with E-state index in [9.17, 15) is 0 Å². The molecule has 0 unspecified atom stereocenters. The van der Waals surface area contributed by atoms with Crippen molar-refractivity contribution >= 4 is 17.7 Å². The molecule has 1 aromatic rings. The van der Waals surface area contributed by atoms with E-state index < -0.39 is 0 Å². The molecule has 7 heteroatoms. The van der Waals surface area contributed by atoms with Gasteiger partial charge in [0.15, 0.2) is 11.8 Å². The Balaban J connectivity index is 1.86. The maximum atomic E-state index is 5.12. The van der Waals surface area contributed by atoms with Crippen molar-refractivity contribution in [3.05, 3.63) is 11.7 Å². The highest BCUT2D eigenvalue weighted by Crippen LogP contribution is 2.29. The molecule has 6 nitrogen and oxygen atoms in total. The fourth-order valence-corrected chi connectivity index (χ4v) is 3.59. The Kier molecular flexibility index (Phi) is 6.11. The molecule has 1 N–H and O–H groups in total. The summed E-state index contributed by atoms with van der Waals surface area (Å²) in [5, 5.41) is 7.21. The van der Waals surface area contributed by atoms with Crippen molar-refractivity contribution in [2.45, 2.75) is 45.3 Å². The Morgan fingerprint density at radius 3 is 2.95 bits per heavy atom. The Hall–Kier alpha value is -1.24. The van der Waals surface area contributed by atoms with Gasteiger partial charge in [0.1, 0.15) is 0 Å². The van der Waals surface area contributed by atoms with Crippen LogP contribution in [-0.4, -0.2) is 57.7 Å². The van der Waals surface area contributed by atoms with E-state index in [-0.39, 0.29) is 4.75 Å². The van der Waals surface area contributed by atoms with Gasteiger partial charge >= 0.3 is 0 Å². The zero-order valence-electron chi connectivity index (χ0n) is 14.1. The average Bonchev–Trinajstić information content (AvgIpc) is 2.87. The largest absolute Gasteiger partial charge is 0.357 e. The van der Waals surface area contributed by atoms with Crippen LogP contribution in [0.25, 0.3) is 0 Å². The zero-order valence-corrected chi connectivity index (χ0v) is 14.9. The molecule has 0 saturated carbocycles. The van der Waals surface area contributed by atoms with Crippen LogP contribution in [0.2, 0.25) is 0 Å². The van der Waals surface area contributed by atoms with E-state index in [1.165, 1.54) is 0 Å². The fraction of sp³-hybridized carbons (Fsp3) is 0.800. The van der Waals surface area contributed by atoms with Crippen LogP contribution in [0.4, 0.5) is 0 Å². The number of aliphatic imine (C=N–C) groups is 1. The third-order valence-electron chi connectivity index (χ3n) is 3.44. The number of nitrogens with one attached hydrogen (secondary N) is 1. The van der Waals surface area contributed by atoms with E-state index in [4.69, 9.17) is 9.52 Å². The quantitative estimate of drug-likeness (QED) is 0.508. The maximum absolute atomic E-state index is 5.12. The van der Waals surface area contributed by atoms with Gasteiger partial charge in [-0.25, -0.2) is 0 Å². The molecule has 0 amide bonds. The van der Waals surface area contributed by atoms with Crippen LogP contribution in [0, 0.1) is 6.92 Å². The fourth-order valence-electron chi connectivity index (χ4n) is 2.48. The molecular weight excluding hydrogens is 298 g/mol. The minimum atomic E-state index is 0.287. The lowest BCUT2D eigenvalue weighted by atomic mass is 10.2. The van der Waals surface area contributed by atoms with Gasteiger partial charge in [0.05, 0.1) is 0 Å². The van der Waals surface area contributed by atoms with Gasteiger partial charge in [-0.3, -0.25) is 4.99 Å². The Morgan fingerprint density at radius 1 is 1.50 bits per heavy atom. The van der Waals surface area contributed by atoms with E-state index in [1.807, 2.05) is 18.7 Å². The summed E-state index contributed by atoms with van der Waals surface area (Å²) >= 11 is 2.04. The standard InChI is InChI=1S/C15H27N5OS/c1-5-16-14(20-9-10-22-15(3,4)11-20)17-8-6-7-13-18-12(2)19-21-13/h5-11H2,1-4H3,(H,16,17). The lowest BCUT2D eigenvalue weighted by Gasteiger charge is -2.39. The van der Waals surface area contributed by atoms with E-state index in [1.54, 1.807) is 0 Å². The summed E-state index contributed by atoms with van der Waals surface area (Å²) in [6.07, 6.45) is 1.70. The molecule has 0 atom stereocenters. The van der Waals surface area contributed by atoms with Crippen LogP contribution in [0.15, 0.2) is 9.52 Å². The second-order valence-electron chi connectivity index (χ2n) is 6.10. The van der Waals surface area contributed by atoms with Crippen LogP contribution in [-0.2, 0) is 6.42 Å². The predicted octanol–water partition coefficient (Wildman–Crippen LogP) is 2.10. The van der Waals surface area contributed by atoms with Crippen LogP contribution in [0.1, 0.15) is 38.9 Å². The highest BCUT2D eigenvalue weighted by Gasteiger charge is 2.28. The number of thioether (sulfide) groups is 1. The van der Waals surface area contributed by atoms with E-state index >= 15 is 0 Å². The highest BCUT2D eigenvalue weighted by atomic mass is 32.2. The van der Waals surface area contributed by atoms with E-state index in [0.717, 1.165) is 50.7 Å². The number of rotatable bonds is 5. The summed E-state index contributed by atoms with van der Waals surface area (Å²) in [5.41, 5.74) is 0. The molecule has 1 fully saturated rings. The Bertz CT molecular complexity index is 500. The van der Waals surface area contributed by atoms with Crippen molar-refractivity contribution < 1.29 is 4.52 Å². The van der Waals surface area contributed by atoms with Crippen molar-refractivity contribution in [1.29, 1.82) is 0 Å². The second-order valence-corrected chi connectivity index (χ2v) is 7.91. The van der Waals surface area contributed by atoms with Gasteiger partial charge in [-0.2, -0.15) is 16.7 Å². The summed E-state index contributed by atoms with van der Waals surface area (Å²) < 4.78 is 5.41. The molecule has 2 heterocycles. The summed E-state index contributed by atoms with van der Waals surface area (Å²) in [7, 11) is 0. The van der Waals surface area contributed by atoms with Gasteiger partial charge in [0, 0.05) is 43.1 Å². The highest BCUT2D eigenvalue weighted by molar-refractivity contribution is 8.00. The summed E-state index contributed by atoms with van der Waals surface area (Å²) in [5.74, 6) is 3.57. The van der Waals surface area contributed by atoms with Crippen molar-refractivity contribution in [3.8, 4) is 0 Å². The number of guanidine groups is 1. The number of nitrogens with zero attached hydrogens (tertiary/aromatic N) is 4. The van der Waals surface area contributed by atoms with Crippen LogP contribution in [0.3, 0.4) is 0 Å². The molecular formula is C15H27N5OS. The topological polar surface area (TPSA) is 66.5 Å². The first-order chi connectivity index (χ1) is 10.5. The first-order valence-electron chi connectivity index (χ1n) is 7.96. The molecule has 0 radical (unpaired) electrons. The first-order valence-corrected chi connectivity index (χ1v) is 8.95. The smallest absolute Gasteiger partial charge is 0.226 e. The average molecular weight is 325 g/mol. The molecule has 0 aromatic carbocycles. The van der Waals surface area contributed by atoms with Crippen LogP contribution >= 0.6 is 11.8 Å². The summed E-state index contributed by atoms with van der Waals surface area (Å²) in [6, 6.07) is 0. The monoisotopic (exact) mass is 325 g/mol. The third-order valence-corrected chi connectivity index (χ3v) is 4.74. The summed E-state index contributed by atoms with van der Waals surface area (Å²) in [6.45, 7) is 12.3. The molecule has 2 rings (SSSR count). The molecule has 1 saturated heterocycles. The molecule has 0 spiro atoms. The summed E-state index contributed by atoms with van der Waals surface area (Å²) in [4.78, 5) is 11.3. The second kappa shape index (κ2) is 7.85. The van der Waals surface area contributed by atoms with Crippen LogP contribution in [0.5, 0.6) is 0 Å². The zero-order chi connectivity index (χ0) is 16.0. The predicted molar refractivity (Wildman–Crippen MR) is 91.4 cm³/mol. The molecule has 0 bridgehead atoms. The van der Waals surface area contributed by atoms with Crippen molar-refractivity contribution in [3.63, 3.8) is 0 Å². The number of hydrogen-bond donors (Lipinski definition) is 1. The molecule has 1 aliphatic heterocycles. The SMILES string of the molecule is CCNC(=NCCCc1nc(C)no1)N1CCSC(C)(C)C1. The minimum absolute atomic E-state index is 0.287. The van der Waals surface area contributed by atoms with Crippen molar-refractivity contribution in [1.82, 2.24) is 20.4 Å². The maximum Gasteiger partial charge on any atom is 0.226 e. The van der Waals surface area contributed by atoms with Gasteiger partial charge in [0.25, 0.3) is 0 Å². The lowest BCUT2D eigenvalue weighted by Crippen LogP contribution is -2.51.